The third-order valence-corrected chi connectivity index (χ3v) is 3.68. The monoisotopic (exact) mass is 283 g/mol. The van der Waals surface area contributed by atoms with E-state index in [2.05, 4.69) is 5.32 Å². The fourth-order valence-electron chi connectivity index (χ4n) is 2.35. The minimum Gasteiger partial charge on any atom is -0.480 e. The molecule has 3 heteroatoms. The Bertz CT molecular complexity index is 637. The van der Waals surface area contributed by atoms with E-state index < -0.39 is 11.5 Å². The van der Waals surface area contributed by atoms with Crippen LogP contribution in [-0.4, -0.2) is 16.6 Å². The first-order chi connectivity index (χ1) is 9.90. The molecule has 0 saturated heterocycles. The molecule has 0 fully saturated rings. The van der Waals surface area contributed by atoms with Crippen molar-refractivity contribution in [1.82, 2.24) is 0 Å². The van der Waals surface area contributed by atoms with Gasteiger partial charge in [-0.1, -0.05) is 42.5 Å². The highest BCUT2D eigenvalue weighted by molar-refractivity contribution is 5.83. The molecule has 0 amide bonds. The van der Waals surface area contributed by atoms with Crippen LogP contribution >= 0.6 is 0 Å². The molecule has 0 heterocycles. The van der Waals surface area contributed by atoms with Gasteiger partial charge in [-0.05, 0) is 43.5 Å². The predicted molar refractivity (Wildman–Crippen MR) is 85.7 cm³/mol. The first kappa shape index (κ1) is 15.1. The molecular formula is C18H21NO2. The average molecular weight is 283 g/mol. The van der Waals surface area contributed by atoms with Crippen molar-refractivity contribution in [1.29, 1.82) is 0 Å². The molecule has 0 bridgehead atoms. The zero-order valence-corrected chi connectivity index (χ0v) is 12.7. The topological polar surface area (TPSA) is 49.3 Å². The summed E-state index contributed by atoms with van der Waals surface area (Å²) in [5.74, 6) is -0.854. The first-order valence-corrected chi connectivity index (χ1v) is 7.03. The maximum atomic E-state index is 11.8. The third kappa shape index (κ3) is 3.63. The summed E-state index contributed by atoms with van der Waals surface area (Å²) in [5, 5.41) is 12.9. The molecule has 2 rings (SSSR count). The molecule has 0 aliphatic rings. The number of aliphatic carboxylic acids is 1. The molecule has 0 spiro atoms. The van der Waals surface area contributed by atoms with Crippen molar-refractivity contribution in [2.75, 3.05) is 5.32 Å². The van der Waals surface area contributed by atoms with Crippen LogP contribution in [0.25, 0.3) is 0 Å². The summed E-state index contributed by atoms with van der Waals surface area (Å²) >= 11 is 0. The molecule has 21 heavy (non-hydrogen) atoms. The SMILES string of the molecule is Cc1ccc(C)c(NC(C)(Cc2ccccc2)C(=O)O)c1. The number of benzene rings is 2. The van der Waals surface area contributed by atoms with Crippen molar-refractivity contribution in [2.45, 2.75) is 32.7 Å². The highest BCUT2D eigenvalue weighted by Gasteiger charge is 2.33. The van der Waals surface area contributed by atoms with Crippen molar-refractivity contribution in [3.63, 3.8) is 0 Å². The smallest absolute Gasteiger partial charge is 0.329 e. The second-order valence-corrected chi connectivity index (χ2v) is 5.74. The van der Waals surface area contributed by atoms with Crippen LogP contribution in [0.5, 0.6) is 0 Å². The summed E-state index contributed by atoms with van der Waals surface area (Å²) in [7, 11) is 0. The van der Waals surface area contributed by atoms with Crippen LogP contribution in [0.1, 0.15) is 23.6 Å². The molecular weight excluding hydrogens is 262 g/mol. The lowest BCUT2D eigenvalue weighted by molar-refractivity contribution is -0.141. The normalized spacial score (nSPS) is 13.5. The van der Waals surface area contributed by atoms with Gasteiger partial charge in [-0.25, -0.2) is 4.79 Å². The molecule has 2 N–H and O–H groups in total. The van der Waals surface area contributed by atoms with Crippen molar-refractivity contribution >= 4 is 11.7 Å². The van der Waals surface area contributed by atoms with Crippen LogP contribution in [-0.2, 0) is 11.2 Å². The summed E-state index contributed by atoms with van der Waals surface area (Å²) in [5.41, 5.74) is 2.98. The van der Waals surface area contributed by atoms with E-state index in [1.54, 1.807) is 6.92 Å². The molecule has 110 valence electrons. The molecule has 1 unspecified atom stereocenters. The van der Waals surface area contributed by atoms with Gasteiger partial charge in [0.1, 0.15) is 5.54 Å². The largest absolute Gasteiger partial charge is 0.480 e. The molecule has 0 aromatic heterocycles. The van der Waals surface area contributed by atoms with Crippen molar-refractivity contribution < 1.29 is 9.90 Å². The van der Waals surface area contributed by atoms with Gasteiger partial charge in [0.15, 0.2) is 0 Å². The molecule has 0 radical (unpaired) electrons. The summed E-state index contributed by atoms with van der Waals surface area (Å²) in [4.78, 5) is 11.8. The molecule has 0 aliphatic carbocycles. The Morgan fingerprint density at radius 3 is 2.43 bits per heavy atom. The molecule has 0 aliphatic heterocycles. The van der Waals surface area contributed by atoms with E-state index in [9.17, 15) is 9.90 Å². The van der Waals surface area contributed by atoms with E-state index in [1.165, 1.54) is 0 Å². The number of aryl methyl sites for hydroxylation is 2. The van der Waals surface area contributed by atoms with E-state index in [0.717, 1.165) is 22.4 Å². The van der Waals surface area contributed by atoms with E-state index in [-0.39, 0.29) is 0 Å². The highest BCUT2D eigenvalue weighted by atomic mass is 16.4. The zero-order valence-electron chi connectivity index (χ0n) is 12.7. The summed E-state index contributed by atoms with van der Waals surface area (Å²) in [6, 6.07) is 15.7. The fraction of sp³-hybridized carbons (Fsp3) is 0.278. The predicted octanol–water partition coefficient (Wildman–Crippen LogP) is 3.80. The summed E-state index contributed by atoms with van der Waals surface area (Å²) in [6.07, 6.45) is 0.427. The van der Waals surface area contributed by atoms with Crippen LogP contribution in [0.15, 0.2) is 48.5 Å². The number of anilines is 1. The maximum absolute atomic E-state index is 11.8. The average Bonchev–Trinajstić information content (AvgIpc) is 2.44. The number of hydrogen-bond acceptors (Lipinski definition) is 2. The van der Waals surface area contributed by atoms with Crippen LogP contribution in [0.4, 0.5) is 5.69 Å². The van der Waals surface area contributed by atoms with E-state index in [4.69, 9.17) is 0 Å². The van der Waals surface area contributed by atoms with Gasteiger partial charge in [0, 0.05) is 12.1 Å². The Morgan fingerprint density at radius 2 is 1.81 bits per heavy atom. The summed E-state index contributed by atoms with van der Waals surface area (Å²) in [6.45, 7) is 5.70. The minimum absolute atomic E-state index is 0.427. The van der Waals surface area contributed by atoms with Gasteiger partial charge < -0.3 is 10.4 Å². The van der Waals surface area contributed by atoms with Gasteiger partial charge in [0.25, 0.3) is 0 Å². The highest BCUT2D eigenvalue weighted by Crippen LogP contribution is 2.24. The second-order valence-electron chi connectivity index (χ2n) is 5.74. The lowest BCUT2D eigenvalue weighted by Gasteiger charge is -2.28. The lowest BCUT2D eigenvalue weighted by Crippen LogP contribution is -2.45. The van der Waals surface area contributed by atoms with Gasteiger partial charge in [-0.15, -0.1) is 0 Å². The molecule has 0 saturated carbocycles. The summed E-state index contributed by atoms with van der Waals surface area (Å²) < 4.78 is 0. The van der Waals surface area contributed by atoms with Gasteiger partial charge >= 0.3 is 5.97 Å². The van der Waals surface area contributed by atoms with Crippen molar-refractivity contribution in [3.05, 3.63) is 65.2 Å². The van der Waals surface area contributed by atoms with Crippen molar-refractivity contribution in [2.24, 2.45) is 0 Å². The van der Waals surface area contributed by atoms with E-state index >= 15 is 0 Å². The number of carboxylic acids is 1. The van der Waals surface area contributed by atoms with Crippen LogP contribution in [0.3, 0.4) is 0 Å². The Labute approximate surface area is 125 Å². The Morgan fingerprint density at radius 1 is 1.14 bits per heavy atom. The molecule has 1 atom stereocenters. The quantitative estimate of drug-likeness (QED) is 0.877. The fourth-order valence-corrected chi connectivity index (χ4v) is 2.35. The number of carboxylic acid groups (broad SMARTS) is 1. The molecule has 2 aromatic rings. The maximum Gasteiger partial charge on any atom is 0.329 e. The Balaban J connectivity index is 2.30. The van der Waals surface area contributed by atoms with E-state index in [1.807, 2.05) is 62.4 Å². The second kappa shape index (κ2) is 6.00. The van der Waals surface area contributed by atoms with Crippen LogP contribution in [0, 0.1) is 13.8 Å². The standard InChI is InChI=1S/C18H21NO2/c1-13-9-10-14(2)16(11-13)19-18(3,17(20)21)12-15-7-5-4-6-8-15/h4-11,19H,12H2,1-3H3,(H,20,21). The van der Waals surface area contributed by atoms with Gasteiger partial charge in [0.05, 0.1) is 0 Å². The number of nitrogens with one attached hydrogen (secondary N) is 1. The van der Waals surface area contributed by atoms with Crippen LogP contribution in [0.2, 0.25) is 0 Å². The number of carbonyl (C=O) groups is 1. The number of rotatable bonds is 5. The minimum atomic E-state index is -1.04. The van der Waals surface area contributed by atoms with Gasteiger partial charge in [-0.2, -0.15) is 0 Å². The Hall–Kier alpha value is -2.29. The number of hydrogen-bond donors (Lipinski definition) is 2. The lowest BCUT2D eigenvalue weighted by atomic mass is 9.92. The Kier molecular flexibility index (Phi) is 4.32. The van der Waals surface area contributed by atoms with Crippen molar-refractivity contribution in [3.8, 4) is 0 Å². The molecule has 3 nitrogen and oxygen atoms in total. The zero-order chi connectivity index (χ0) is 15.5. The third-order valence-electron chi connectivity index (χ3n) is 3.68. The molecule has 2 aromatic carbocycles. The first-order valence-electron chi connectivity index (χ1n) is 7.03. The van der Waals surface area contributed by atoms with E-state index in [0.29, 0.717) is 6.42 Å². The van der Waals surface area contributed by atoms with Gasteiger partial charge in [0.2, 0.25) is 0 Å². The van der Waals surface area contributed by atoms with Crippen LogP contribution < -0.4 is 5.32 Å². The van der Waals surface area contributed by atoms with Gasteiger partial charge in [-0.3, -0.25) is 0 Å².